The molecule has 1 N–H and O–H groups in total. The first-order chi connectivity index (χ1) is 9.93. The Morgan fingerprint density at radius 2 is 1.95 bits per heavy atom. The van der Waals surface area contributed by atoms with E-state index in [0.717, 1.165) is 11.1 Å². The first-order valence-corrected chi connectivity index (χ1v) is 7.23. The van der Waals surface area contributed by atoms with Crippen LogP contribution in [0.25, 0.3) is 0 Å². The van der Waals surface area contributed by atoms with Crippen LogP contribution in [-0.2, 0) is 15.1 Å². The monoisotopic (exact) mass is 286 g/mol. The van der Waals surface area contributed by atoms with E-state index in [4.69, 9.17) is 0 Å². The quantitative estimate of drug-likeness (QED) is 0.866. The lowest BCUT2D eigenvalue weighted by atomic mass is 9.90. The molecule has 21 heavy (non-hydrogen) atoms. The number of hydrogen-bond acceptors (Lipinski definition) is 2. The molecule has 1 aromatic rings. The highest BCUT2D eigenvalue weighted by Crippen LogP contribution is 2.25. The van der Waals surface area contributed by atoms with Gasteiger partial charge >= 0.3 is 0 Å². The predicted molar refractivity (Wildman–Crippen MR) is 82.6 cm³/mol. The Morgan fingerprint density at radius 3 is 2.57 bits per heavy atom. The molecule has 1 aliphatic rings. The van der Waals surface area contributed by atoms with E-state index >= 15 is 0 Å². The maximum absolute atomic E-state index is 12.9. The minimum atomic E-state index is -0.996. The zero-order chi connectivity index (χ0) is 15.5. The molecule has 1 aliphatic heterocycles. The third kappa shape index (κ3) is 3.32. The van der Waals surface area contributed by atoms with Crippen LogP contribution in [0.5, 0.6) is 0 Å². The van der Waals surface area contributed by atoms with Crippen LogP contribution >= 0.6 is 0 Å². The molecule has 4 heteroatoms. The number of nitrogens with one attached hydrogen (secondary N) is 1. The zero-order valence-corrected chi connectivity index (χ0v) is 12.8. The summed E-state index contributed by atoms with van der Waals surface area (Å²) < 4.78 is 0. The van der Waals surface area contributed by atoms with E-state index in [9.17, 15) is 9.59 Å². The largest absolute Gasteiger partial charge is 0.338 e. The molecule has 0 spiro atoms. The molecule has 1 fully saturated rings. The van der Waals surface area contributed by atoms with E-state index in [1.165, 1.54) is 0 Å². The summed E-state index contributed by atoms with van der Waals surface area (Å²) in [5.74, 6) is -0.147. The van der Waals surface area contributed by atoms with Gasteiger partial charge in [-0.2, -0.15) is 0 Å². The van der Waals surface area contributed by atoms with Crippen molar-refractivity contribution in [3.63, 3.8) is 0 Å². The zero-order valence-electron chi connectivity index (χ0n) is 12.8. The second-order valence-electron chi connectivity index (χ2n) is 5.82. The van der Waals surface area contributed by atoms with Gasteiger partial charge in [-0.05, 0) is 26.3 Å². The Balaban J connectivity index is 2.36. The van der Waals surface area contributed by atoms with Gasteiger partial charge in [0.25, 0.3) is 5.91 Å². The highest BCUT2D eigenvalue weighted by molar-refractivity contribution is 5.94. The number of hydrogen-bond donors (Lipinski definition) is 1. The standard InChI is InChI=1S/C17H22N2O2/c1-13(2)9-11-19-12-10-15(20)18-17(3,16(19)21)14-7-5-4-6-8-14/h4-9H,10-12H2,1-3H3,(H,18,20). The topological polar surface area (TPSA) is 49.4 Å². The van der Waals surface area contributed by atoms with Crippen molar-refractivity contribution in [1.29, 1.82) is 0 Å². The van der Waals surface area contributed by atoms with Crippen molar-refractivity contribution in [3.05, 3.63) is 47.5 Å². The minimum Gasteiger partial charge on any atom is -0.338 e. The van der Waals surface area contributed by atoms with Gasteiger partial charge in [0.2, 0.25) is 5.91 Å². The maximum atomic E-state index is 12.9. The summed E-state index contributed by atoms with van der Waals surface area (Å²) in [6.45, 7) is 6.78. The van der Waals surface area contributed by atoms with Crippen LogP contribution in [-0.4, -0.2) is 29.8 Å². The van der Waals surface area contributed by atoms with Gasteiger partial charge < -0.3 is 10.2 Å². The van der Waals surface area contributed by atoms with E-state index in [1.807, 2.05) is 50.3 Å². The first-order valence-electron chi connectivity index (χ1n) is 7.23. The van der Waals surface area contributed by atoms with Gasteiger partial charge in [0, 0.05) is 19.5 Å². The lowest BCUT2D eigenvalue weighted by Crippen LogP contribution is -2.52. The Morgan fingerprint density at radius 1 is 1.29 bits per heavy atom. The van der Waals surface area contributed by atoms with E-state index < -0.39 is 5.54 Å². The Bertz CT molecular complexity index is 561. The first kappa shape index (κ1) is 15.3. The van der Waals surface area contributed by atoms with E-state index in [1.54, 1.807) is 11.8 Å². The summed E-state index contributed by atoms with van der Waals surface area (Å²) in [6.07, 6.45) is 2.35. The highest BCUT2D eigenvalue weighted by atomic mass is 16.2. The molecular weight excluding hydrogens is 264 g/mol. The lowest BCUT2D eigenvalue weighted by molar-refractivity contribution is -0.138. The van der Waals surface area contributed by atoms with Crippen molar-refractivity contribution in [1.82, 2.24) is 10.2 Å². The third-order valence-corrected chi connectivity index (χ3v) is 3.78. The fraction of sp³-hybridized carbons (Fsp3) is 0.412. The Hall–Kier alpha value is -2.10. The molecular formula is C17H22N2O2. The molecule has 0 saturated carbocycles. The lowest BCUT2D eigenvalue weighted by Gasteiger charge is -2.32. The summed E-state index contributed by atoms with van der Waals surface area (Å²) in [6, 6.07) is 9.42. The van der Waals surface area contributed by atoms with Crippen LogP contribution in [0, 0.1) is 0 Å². The van der Waals surface area contributed by atoms with Crippen molar-refractivity contribution in [3.8, 4) is 0 Å². The van der Waals surface area contributed by atoms with Crippen LogP contribution in [0.2, 0.25) is 0 Å². The molecule has 2 amide bonds. The second kappa shape index (κ2) is 6.12. The van der Waals surface area contributed by atoms with Crippen molar-refractivity contribution in [2.45, 2.75) is 32.7 Å². The number of amides is 2. The van der Waals surface area contributed by atoms with E-state index in [0.29, 0.717) is 19.5 Å². The molecule has 2 rings (SSSR count). The van der Waals surface area contributed by atoms with Gasteiger partial charge in [0.15, 0.2) is 0 Å². The van der Waals surface area contributed by atoms with Gasteiger partial charge in [-0.3, -0.25) is 9.59 Å². The minimum absolute atomic E-state index is 0.0583. The summed E-state index contributed by atoms with van der Waals surface area (Å²) in [5, 5.41) is 2.89. The van der Waals surface area contributed by atoms with Crippen molar-refractivity contribution in [2.24, 2.45) is 0 Å². The molecule has 1 saturated heterocycles. The summed E-state index contributed by atoms with van der Waals surface area (Å²) in [7, 11) is 0. The van der Waals surface area contributed by atoms with Crippen molar-refractivity contribution in [2.75, 3.05) is 13.1 Å². The highest BCUT2D eigenvalue weighted by Gasteiger charge is 2.41. The van der Waals surface area contributed by atoms with Crippen LogP contribution in [0.3, 0.4) is 0 Å². The SMILES string of the molecule is CC(C)=CCN1CCC(=O)NC(C)(c2ccccc2)C1=O. The molecule has 0 radical (unpaired) electrons. The summed E-state index contributed by atoms with van der Waals surface area (Å²) >= 11 is 0. The predicted octanol–water partition coefficient (Wildman–Crippen LogP) is 2.22. The third-order valence-electron chi connectivity index (χ3n) is 3.78. The molecule has 1 aromatic carbocycles. The maximum Gasteiger partial charge on any atom is 0.253 e. The van der Waals surface area contributed by atoms with Crippen molar-refractivity contribution < 1.29 is 9.59 Å². The fourth-order valence-corrected chi connectivity index (χ4v) is 2.48. The van der Waals surface area contributed by atoms with Gasteiger partial charge in [0.05, 0.1) is 0 Å². The van der Waals surface area contributed by atoms with Gasteiger partial charge in [-0.25, -0.2) is 0 Å². The average Bonchev–Trinajstić information content (AvgIpc) is 2.57. The van der Waals surface area contributed by atoms with Crippen LogP contribution in [0.15, 0.2) is 42.0 Å². The molecule has 0 bridgehead atoms. The Kier molecular flexibility index (Phi) is 4.46. The van der Waals surface area contributed by atoms with E-state index in [-0.39, 0.29) is 11.8 Å². The second-order valence-corrected chi connectivity index (χ2v) is 5.82. The molecule has 0 aliphatic carbocycles. The van der Waals surface area contributed by atoms with Gasteiger partial charge in [-0.1, -0.05) is 42.0 Å². The molecule has 1 heterocycles. The number of rotatable bonds is 3. The van der Waals surface area contributed by atoms with Crippen LogP contribution in [0.4, 0.5) is 0 Å². The molecule has 1 atom stereocenters. The molecule has 1 unspecified atom stereocenters. The molecule has 112 valence electrons. The number of allylic oxidation sites excluding steroid dienone is 1. The van der Waals surface area contributed by atoms with Crippen LogP contribution < -0.4 is 5.32 Å². The number of benzene rings is 1. The smallest absolute Gasteiger partial charge is 0.253 e. The fourth-order valence-electron chi connectivity index (χ4n) is 2.48. The van der Waals surface area contributed by atoms with Crippen molar-refractivity contribution >= 4 is 11.8 Å². The molecule has 4 nitrogen and oxygen atoms in total. The number of carbonyl (C=O) groups is 2. The number of carbonyl (C=O) groups excluding carboxylic acids is 2. The normalized spacial score (nSPS) is 22.5. The molecule has 0 aromatic heterocycles. The van der Waals surface area contributed by atoms with Crippen LogP contribution in [0.1, 0.15) is 32.8 Å². The van der Waals surface area contributed by atoms with E-state index in [2.05, 4.69) is 5.32 Å². The average molecular weight is 286 g/mol. The summed E-state index contributed by atoms with van der Waals surface area (Å²) in [4.78, 5) is 26.7. The van der Waals surface area contributed by atoms with Gasteiger partial charge in [0.1, 0.15) is 5.54 Å². The number of nitrogens with zero attached hydrogens (tertiary/aromatic N) is 1. The summed E-state index contributed by atoms with van der Waals surface area (Å²) in [5.41, 5.74) is 0.977. The Labute approximate surface area is 125 Å². The van der Waals surface area contributed by atoms with Gasteiger partial charge in [-0.15, -0.1) is 0 Å².